The summed E-state index contributed by atoms with van der Waals surface area (Å²) in [6.45, 7) is 15.8. The van der Waals surface area contributed by atoms with Gasteiger partial charge in [0.25, 0.3) is 0 Å². The summed E-state index contributed by atoms with van der Waals surface area (Å²) in [5, 5.41) is 3.47. The number of hydrogen-bond donors (Lipinski definition) is 1. The van der Waals surface area contributed by atoms with Gasteiger partial charge in [-0.15, -0.1) is 24.0 Å². The highest BCUT2D eigenvalue weighted by molar-refractivity contribution is 14.0. The maximum absolute atomic E-state index is 12.2. The van der Waals surface area contributed by atoms with Crippen LogP contribution in [0.2, 0.25) is 0 Å². The van der Waals surface area contributed by atoms with Gasteiger partial charge in [-0.1, -0.05) is 0 Å². The molecule has 2 fully saturated rings. The average molecular weight is 516 g/mol. The first-order valence-electron chi connectivity index (χ1n) is 9.46. The predicted octanol–water partition coefficient (Wildman–Crippen LogP) is 1.58. The number of nitrogens with one attached hydrogen (secondary N) is 1. The highest BCUT2D eigenvalue weighted by Gasteiger charge is 2.41. The zero-order valence-electron chi connectivity index (χ0n) is 17.8. The van der Waals surface area contributed by atoms with Crippen molar-refractivity contribution in [2.24, 2.45) is 4.99 Å². The van der Waals surface area contributed by atoms with Gasteiger partial charge in [-0.2, -0.15) is 0 Å². The van der Waals surface area contributed by atoms with Gasteiger partial charge in [0.05, 0.1) is 22.7 Å². The van der Waals surface area contributed by atoms with Crippen molar-refractivity contribution in [3.63, 3.8) is 0 Å². The van der Waals surface area contributed by atoms with Crippen LogP contribution in [0.15, 0.2) is 4.99 Å². The Hall–Kier alpha value is -0.130. The SMILES string of the molecule is CN=C(NCC(C)(C)N1CC(C)OC(C)C1)N1CCS(=O)(=O)C(C)(C)C1.I. The molecular formula is C18H37IN4O3S. The first-order chi connectivity index (χ1) is 11.9. The molecule has 2 atom stereocenters. The summed E-state index contributed by atoms with van der Waals surface area (Å²) < 4.78 is 29.6. The van der Waals surface area contributed by atoms with E-state index in [1.165, 1.54) is 0 Å². The van der Waals surface area contributed by atoms with E-state index in [1.807, 2.05) is 0 Å². The van der Waals surface area contributed by atoms with Gasteiger partial charge in [0.15, 0.2) is 15.8 Å². The fraction of sp³-hybridized carbons (Fsp3) is 0.944. The lowest BCUT2D eigenvalue weighted by Gasteiger charge is -2.46. The summed E-state index contributed by atoms with van der Waals surface area (Å²) in [7, 11) is -1.30. The number of guanidine groups is 1. The van der Waals surface area contributed by atoms with E-state index in [9.17, 15) is 8.42 Å². The van der Waals surface area contributed by atoms with Crippen molar-refractivity contribution in [3.05, 3.63) is 0 Å². The van der Waals surface area contributed by atoms with Crippen LogP contribution in [-0.4, -0.2) is 92.2 Å². The number of hydrogen-bond acceptors (Lipinski definition) is 5. The molecule has 0 aromatic rings. The maximum atomic E-state index is 12.2. The van der Waals surface area contributed by atoms with Gasteiger partial charge < -0.3 is 15.0 Å². The van der Waals surface area contributed by atoms with Gasteiger partial charge in [-0.3, -0.25) is 9.89 Å². The summed E-state index contributed by atoms with van der Waals surface area (Å²) in [6.07, 6.45) is 0.455. The molecule has 9 heteroatoms. The van der Waals surface area contributed by atoms with Crippen LogP contribution in [0.3, 0.4) is 0 Å². The lowest BCUT2D eigenvalue weighted by molar-refractivity contribution is -0.0947. The number of sulfone groups is 1. The van der Waals surface area contributed by atoms with Gasteiger partial charge in [0.2, 0.25) is 0 Å². The molecule has 0 radical (unpaired) electrons. The van der Waals surface area contributed by atoms with Gasteiger partial charge in [-0.25, -0.2) is 8.42 Å². The number of rotatable bonds is 3. The average Bonchev–Trinajstić information content (AvgIpc) is 2.50. The molecule has 2 heterocycles. The van der Waals surface area contributed by atoms with Gasteiger partial charge in [0.1, 0.15) is 0 Å². The monoisotopic (exact) mass is 516 g/mol. The Balaban J connectivity index is 0.00000364. The van der Waals surface area contributed by atoms with E-state index in [4.69, 9.17) is 4.74 Å². The maximum Gasteiger partial charge on any atom is 0.193 e. The Kier molecular flexibility index (Phi) is 8.42. The fourth-order valence-electron chi connectivity index (χ4n) is 3.74. The van der Waals surface area contributed by atoms with Crippen molar-refractivity contribution in [3.8, 4) is 0 Å². The van der Waals surface area contributed by atoms with Crippen LogP contribution < -0.4 is 5.32 Å². The van der Waals surface area contributed by atoms with Crippen molar-refractivity contribution < 1.29 is 13.2 Å². The molecule has 160 valence electrons. The van der Waals surface area contributed by atoms with Gasteiger partial charge >= 0.3 is 0 Å². The van der Waals surface area contributed by atoms with Crippen LogP contribution in [0, 0.1) is 0 Å². The minimum absolute atomic E-state index is 0. The molecule has 2 rings (SSSR count). The second-order valence-corrected chi connectivity index (χ2v) is 11.6. The molecular weight excluding hydrogens is 479 g/mol. The fourth-order valence-corrected chi connectivity index (χ4v) is 5.10. The minimum Gasteiger partial charge on any atom is -0.373 e. The summed E-state index contributed by atoms with van der Waals surface area (Å²) in [6, 6.07) is 0. The highest BCUT2D eigenvalue weighted by Crippen LogP contribution is 2.24. The molecule has 27 heavy (non-hydrogen) atoms. The summed E-state index contributed by atoms with van der Waals surface area (Å²) in [4.78, 5) is 8.91. The Morgan fingerprint density at radius 3 is 2.30 bits per heavy atom. The molecule has 0 aromatic heterocycles. The Morgan fingerprint density at radius 2 is 1.81 bits per heavy atom. The molecule has 2 aliphatic rings. The Labute approximate surface area is 182 Å². The largest absolute Gasteiger partial charge is 0.373 e. The Bertz CT molecular complexity index is 627. The van der Waals surface area contributed by atoms with E-state index in [0.717, 1.165) is 25.6 Å². The summed E-state index contributed by atoms with van der Waals surface area (Å²) in [5.41, 5.74) is -0.0559. The smallest absolute Gasteiger partial charge is 0.193 e. The molecule has 0 bridgehead atoms. The van der Waals surface area contributed by atoms with E-state index in [0.29, 0.717) is 13.1 Å². The third-order valence-electron chi connectivity index (χ3n) is 5.51. The van der Waals surface area contributed by atoms with Crippen LogP contribution >= 0.6 is 24.0 Å². The topological polar surface area (TPSA) is 74.2 Å². The zero-order chi connectivity index (χ0) is 19.8. The van der Waals surface area contributed by atoms with Crippen molar-refractivity contribution in [1.82, 2.24) is 15.1 Å². The second kappa shape index (κ2) is 9.13. The lowest BCUT2D eigenvalue weighted by Crippen LogP contribution is -2.61. The molecule has 0 amide bonds. The predicted molar refractivity (Wildman–Crippen MR) is 122 cm³/mol. The molecule has 2 unspecified atom stereocenters. The summed E-state index contributed by atoms with van der Waals surface area (Å²) in [5.74, 6) is 0.943. The van der Waals surface area contributed by atoms with E-state index >= 15 is 0 Å². The third kappa shape index (κ3) is 5.93. The van der Waals surface area contributed by atoms with E-state index < -0.39 is 14.6 Å². The first kappa shape index (κ1) is 24.9. The van der Waals surface area contributed by atoms with Crippen LogP contribution in [0.4, 0.5) is 0 Å². The molecule has 0 aromatic carbocycles. The Morgan fingerprint density at radius 1 is 1.26 bits per heavy atom. The number of aliphatic imine (C=N–C) groups is 1. The first-order valence-corrected chi connectivity index (χ1v) is 11.1. The quantitative estimate of drug-likeness (QED) is 0.349. The molecule has 7 nitrogen and oxygen atoms in total. The standard InChI is InChI=1S/C18H36N4O3S.HI/c1-14-10-22(11-15(2)25-14)17(3,4)12-20-16(19-7)21-8-9-26(23,24)18(5,6)13-21;/h14-15H,8-13H2,1-7H3,(H,19,20);1H. The normalized spacial score (nSPS) is 29.1. The van der Waals surface area contributed by atoms with Crippen LogP contribution in [0.1, 0.15) is 41.5 Å². The number of morpholine rings is 1. The summed E-state index contributed by atoms with van der Waals surface area (Å²) >= 11 is 0. The zero-order valence-corrected chi connectivity index (χ0v) is 20.9. The van der Waals surface area contributed by atoms with E-state index in [1.54, 1.807) is 20.9 Å². The van der Waals surface area contributed by atoms with Crippen LogP contribution in [0.25, 0.3) is 0 Å². The van der Waals surface area contributed by atoms with Gasteiger partial charge in [-0.05, 0) is 41.5 Å². The molecule has 2 saturated heterocycles. The second-order valence-electron chi connectivity index (χ2n) is 8.88. The highest BCUT2D eigenvalue weighted by atomic mass is 127. The van der Waals surface area contributed by atoms with Crippen LogP contribution in [0.5, 0.6) is 0 Å². The lowest BCUT2D eigenvalue weighted by atomic mass is 10.00. The van der Waals surface area contributed by atoms with E-state index in [2.05, 4.69) is 47.8 Å². The van der Waals surface area contributed by atoms with Crippen molar-refractivity contribution in [2.45, 2.75) is 64.0 Å². The molecule has 1 N–H and O–H groups in total. The number of nitrogens with zero attached hydrogens (tertiary/aromatic N) is 3. The molecule has 0 spiro atoms. The number of ether oxygens (including phenoxy) is 1. The molecule has 2 aliphatic heterocycles. The number of halogens is 1. The molecule has 0 saturated carbocycles. The van der Waals surface area contributed by atoms with E-state index in [-0.39, 0.29) is 47.5 Å². The van der Waals surface area contributed by atoms with Crippen molar-refractivity contribution in [1.29, 1.82) is 0 Å². The molecule has 0 aliphatic carbocycles. The van der Waals surface area contributed by atoms with Crippen molar-refractivity contribution >= 4 is 39.8 Å². The van der Waals surface area contributed by atoms with Crippen molar-refractivity contribution in [2.75, 3.05) is 45.5 Å². The van der Waals surface area contributed by atoms with Crippen LogP contribution in [-0.2, 0) is 14.6 Å². The minimum atomic E-state index is -3.05. The van der Waals surface area contributed by atoms with Gasteiger partial charge in [0, 0.05) is 45.3 Å². The third-order valence-corrected chi connectivity index (χ3v) is 8.04.